The molecular weight excluding hydrogens is 368 g/mol. The van der Waals surface area contributed by atoms with E-state index in [4.69, 9.17) is 5.11 Å². The SMILES string of the molecule is CCCC(NC(=O)c1cccc(S(=O)(=O)Nc2ccc(C)cc2)c1)C(=O)O. The van der Waals surface area contributed by atoms with Gasteiger partial charge < -0.3 is 10.4 Å². The number of amides is 1. The summed E-state index contributed by atoms with van der Waals surface area (Å²) >= 11 is 0. The molecule has 0 spiro atoms. The zero-order valence-corrected chi connectivity index (χ0v) is 15.9. The van der Waals surface area contributed by atoms with Crippen molar-refractivity contribution in [2.45, 2.75) is 37.6 Å². The van der Waals surface area contributed by atoms with E-state index < -0.39 is 27.9 Å². The van der Waals surface area contributed by atoms with Crippen molar-refractivity contribution in [3.05, 3.63) is 59.7 Å². The highest BCUT2D eigenvalue weighted by molar-refractivity contribution is 7.92. The molecule has 7 nitrogen and oxygen atoms in total. The maximum absolute atomic E-state index is 12.6. The van der Waals surface area contributed by atoms with E-state index in [0.717, 1.165) is 5.56 Å². The average molecular weight is 390 g/mol. The van der Waals surface area contributed by atoms with Crippen LogP contribution in [0.4, 0.5) is 5.69 Å². The quantitative estimate of drug-likeness (QED) is 0.641. The number of aryl methyl sites for hydroxylation is 1. The lowest BCUT2D eigenvalue weighted by Crippen LogP contribution is -2.40. The lowest BCUT2D eigenvalue weighted by Gasteiger charge is -2.14. The van der Waals surface area contributed by atoms with Gasteiger partial charge in [0.05, 0.1) is 4.90 Å². The van der Waals surface area contributed by atoms with Crippen LogP contribution in [0.1, 0.15) is 35.7 Å². The van der Waals surface area contributed by atoms with E-state index in [9.17, 15) is 18.0 Å². The van der Waals surface area contributed by atoms with Crippen LogP contribution in [-0.4, -0.2) is 31.4 Å². The molecule has 27 heavy (non-hydrogen) atoms. The van der Waals surface area contributed by atoms with Crippen molar-refractivity contribution in [3.8, 4) is 0 Å². The third-order valence-electron chi connectivity index (χ3n) is 3.89. The van der Waals surface area contributed by atoms with Gasteiger partial charge in [0.25, 0.3) is 15.9 Å². The monoisotopic (exact) mass is 390 g/mol. The number of aliphatic carboxylic acids is 1. The Morgan fingerprint density at radius 2 is 1.78 bits per heavy atom. The lowest BCUT2D eigenvalue weighted by atomic mass is 10.1. The van der Waals surface area contributed by atoms with Crippen LogP contribution in [-0.2, 0) is 14.8 Å². The molecule has 2 rings (SSSR count). The fourth-order valence-corrected chi connectivity index (χ4v) is 3.53. The van der Waals surface area contributed by atoms with E-state index in [1.54, 1.807) is 24.3 Å². The summed E-state index contributed by atoms with van der Waals surface area (Å²) < 4.78 is 27.6. The van der Waals surface area contributed by atoms with Crippen LogP contribution in [0, 0.1) is 6.92 Å². The van der Waals surface area contributed by atoms with Crippen LogP contribution >= 0.6 is 0 Å². The summed E-state index contributed by atoms with van der Waals surface area (Å²) in [6.07, 6.45) is 0.875. The Morgan fingerprint density at radius 3 is 2.37 bits per heavy atom. The van der Waals surface area contributed by atoms with Crippen molar-refractivity contribution in [1.29, 1.82) is 0 Å². The molecule has 0 bridgehead atoms. The third-order valence-corrected chi connectivity index (χ3v) is 5.27. The van der Waals surface area contributed by atoms with Crippen molar-refractivity contribution in [3.63, 3.8) is 0 Å². The number of hydrogen-bond donors (Lipinski definition) is 3. The minimum Gasteiger partial charge on any atom is -0.480 e. The van der Waals surface area contributed by atoms with E-state index in [0.29, 0.717) is 12.1 Å². The number of anilines is 1. The second-order valence-electron chi connectivity index (χ2n) is 6.15. The predicted octanol–water partition coefficient (Wildman–Crippen LogP) is 2.78. The first-order valence-corrected chi connectivity index (χ1v) is 9.94. The van der Waals surface area contributed by atoms with Crippen LogP contribution in [0.25, 0.3) is 0 Å². The molecule has 0 heterocycles. The van der Waals surface area contributed by atoms with Crippen molar-refractivity contribution < 1.29 is 23.1 Å². The Balaban J connectivity index is 2.21. The van der Waals surface area contributed by atoms with Crippen LogP contribution in [0.5, 0.6) is 0 Å². The molecule has 0 aliphatic carbocycles. The van der Waals surface area contributed by atoms with Crippen molar-refractivity contribution in [2.75, 3.05) is 4.72 Å². The van der Waals surface area contributed by atoms with Crippen LogP contribution in [0.2, 0.25) is 0 Å². The summed E-state index contributed by atoms with van der Waals surface area (Å²) in [5.74, 6) is -1.77. The number of sulfonamides is 1. The summed E-state index contributed by atoms with van der Waals surface area (Å²) in [6, 6.07) is 11.3. The van der Waals surface area contributed by atoms with E-state index in [2.05, 4.69) is 10.0 Å². The molecule has 8 heteroatoms. The van der Waals surface area contributed by atoms with E-state index in [1.807, 2.05) is 13.8 Å². The predicted molar refractivity (Wildman–Crippen MR) is 102 cm³/mol. The molecule has 0 aromatic heterocycles. The van der Waals surface area contributed by atoms with Gasteiger partial charge in [0, 0.05) is 11.3 Å². The molecule has 2 aromatic carbocycles. The smallest absolute Gasteiger partial charge is 0.326 e. The highest BCUT2D eigenvalue weighted by Gasteiger charge is 2.21. The van der Waals surface area contributed by atoms with Crippen LogP contribution in [0.15, 0.2) is 53.4 Å². The average Bonchev–Trinajstić information content (AvgIpc) is 2.63. The van der Waals surface area contributed by atoms with Crippen LogP contribution < -0.4 is 10.0 Å². The van der Waals surface area contributed by atoms with Crippen molar-refractivity contribution >= 4 is 27.6 Å². The Hall–Kier alpha value is -2.87. The minimum atomic E-state index is -3.88. The Kier molecular flexibility index (Phi) is 6.57. The molecule has 0 aliphatic rings. The molecule has 0 fully saturated rings. The highest BCUT2D eigenvalue weighted by Crippen LogP contribution is 2.18. The van der Waals surface area contributed by atoms with Crippen LogP contribution in [0.3, 0.4) is 0 Å². The first kappa shape index (κ1) is 20.4. The Bertz CT molecular complexity index is 923. The number of carbonyl (C=O) groups is 2. The molecule has 2 aromatic rings. The van der Waals surface area contributed by atoms with Crippen molar-refractivity contribution in [2.24, 2.45) is 0 Å². The summed E-state index contributed by atoms with van der Waals surface area (Å²) in [6.45, 7) is 3.70. The zero-order valence-electron chi connectivity index (χ0n) is 15.1. The third kappa shape index (κ3) is 5.55. The number of carboxylic acids is 1. The van der Waals surface area contributed by atoms with Gasteiger partial charge in [0.2, 0.25) is 0 Å². The number of rotatable bonds is 8. The molecule has 144 valence electrons. The zero-order chi connectivity index (χ0) is 20.0. The molecule has 0 aliphatic heterocycles. The topological polar surface area (TPSA) is 113 Å². The van der Waals surface area contributed by atoms with E-state index in [1.165, 1.54) is 24.3 Å². The molecule has 1 unspecified atom stereocenters. The Labute approximate surface area is 158 Å². The maximum Gasteiger partial charge on any atom is 0.326 e. The fraction of sp³-hybridized carbons (Fsp3) is 0.263. The first-order chi connectivity index (χ1) is 12.7. The largest absolute Gasteiger partial charge is 0.480 e. The maximum atomic E-state index is 12.6. The number of benzene rings is 2. The van der Waals surface area contributed by atoms with Crippen molar-refractivity contribution in [1.82, 2.24) is 5.32 Å². The van der Waals surface area contributed by atoms with Gasteiger partial charge in [-0.2, -0.15) is 0 Å². The second kappa shape index (κ2) is 8.68. The molecule has 1 amide bonds. The Morgan fingerprint density at radius 1 is 1.11 bits per heavy atom. The summed E-state index contributed by atoms with van der Waals surface area (Å²) in [4.78, 5) is 23.4. The molecule has 3 N–H and O–H groups in total. The number of carboxylic acid groups (broad SMARTS) is 1. The summed E-state index contributed by atoms with van der Waals surface area (Å²) in [7, 11) is -3.88. The van der Waals surface area contributed by atoms with E-state index >= 15 is 0 Å². The fourth-order valence-electron chi connectivity index (χ4n) is 2.43. The highest BCUT2D eigenvalue weighted by atomic mass is 32.2. The first-order valence-electron chi connectivity index (χ1n) is 8.46. The standard InChI is InChI=1S/C19H22N2O5S/c1-3-5-17(19(23)24)20-18(22)14-6-4-7-16(12-14)27(25,26)21-15-10-8-13(2)9-11-15/h4,6-12,17,21H,3,5H2,1-2H3,(H,20,22)(H,23,24). The molecule has 0 radical (unpaired) electrons. The molecule has 0 saturated heterocycles. The van der Waals surface area contributed by atoms with Gasteiger partial charge in [-0.15, -0.1) is 0 Å². The van der Waals surface area contributed by atoms with E-state index in [-0.39, 0.29) is 16.9 Å². The van der Waals surface area contributed by atoms with Gasteiger partial charge in [-0.1, -0.05) is 37.1 Å². The second-order valence-corrected chi connectivity index (χ2v) is 7.83. The van der Waals surface area contributed by atoms with Gasteiger partial charge >= 0.3 is 5.97 Å². The summed E-state index contributed by atoms with van der Waals surface area (Å²) in [5, 5.41) is 11.6. The van der Waals surface area contributed by atoms with Gasteiger partial charge in [0.15, 0.2) is 0 Å². The van der Waals surface area contributed by atoms with Gasteiger partial charge in [-0.25, -0.2) is 13.2 Å². The van der Waals surface area contributed by atoms with Gasteiger partial charge in [-0.05, 0) is 43.7 Å². The molecular formula is C19H22N2O5S. The normalized spacial score (nSPS) is 12.2. The number of nitrogens with one attached hydrogen (secondary N) is 2. The van der Waals surface area contributed by atoms with Gasteiger partial charge in [0.1, 0.15) is 6.04 Å². The number of hydrogen-bond acceptors (Lipinski definition) is 4. The minimum absolute atomic E-state index is 0.0733. The number of carbonyl (C=O) groups excluding carboxylic acids is 1. The molecule has 0 saturated carbocycles. The summed E-state index contributed by atoms with van der Waals surface area (Å²) in [5.41, 5.74) is 1.48. The molecule has 1 atom stereocenters. The lowest BCUT2D eigenvalue weighted by molar-refractivity contribution is -0.139. The van der Waals surface area contributed by atoms with Gasteiger partial charge in [-0.3, -0.25) is 9.52 Å².